The Hall–Kier alpha value is -2.41. The number of fused-ring (bicyclic) bond motifs is 1. The van der Waals surface area contributed by atoms with Gasteiger partial charge in [-0.2, -0.15) is 0 Å². The third-order valence-corrected chi connectivity index (χ3v) is 6.70. The highest BCUT2D eigenvalue weighted by Gasteiger charge is 2.42. The van der Waals surface area contributed by atoms with Crippen LogP contribution in [0.25, 0.3) is 0 Å². The number of carbonyl (C=O) groups is 1. The number of carbonyl (C=O) groups excluding carboxylic acids is 1. The second-order valence-corrected chi connectivity index (χ2v) is 8.34. The lowest BCUT2D eigenvalue weighted by atomic mass is 9.82. The van der Waals surface area contributed by atoms with Crippen molar-refractivity contribution < 1.29 is 19.7 Å². The van der Waals surface area contributed by atoms with Crippen LogP contribution in [-0.4, -0.2) is 41.2 Å². The molecule has 2 aromatic rings. The third kappa shape index (κ3) is 3.71. The number of aryl methyl sites for hydroxylation is 1. The summed E-state index contributed by atoms with van der Waals surface area (Å²) >= 11 is 0. The smallest absolute Gasteiger partial charge is 0.224 e. The molecule has 6 nitrogen and oxygen atoms in total. The average Bonchev–Trinajstić information content (AvgIpc) is 2.78. The number of piperidine rings is 1. The first kappa shape index (κ1) is 20.8. The predicted molar refractivity (Wildman–Crippen MR) is 115 cm³/mol. The predicted octanol–water partition coefficient (Wildman–Crippen LogP) is 3.12. The SMILES string of the molecule is CC[C@](O)(c1ccc2c(c1)CCC(=O)N2)N1CCC(O)(c2ccc(OC)cc2)CC1. The number of aliphatic hydroxyl groups is 2. The number of hydrogen-bond donors (Lipinski definition) is 3. The van der Waals surface area contributed by atoms with E-state index in [0.29, 0.717) is 45.2 Å². The fourth-order valence-electron chi connectivity index (χ4n) is 4.68. The zero-order chi connectivity index (χ0) is 21.4. The maximum absolute atomic E-state index is 11.6. The van der Waals surface area contributed by atoms with Gasteiger partial charge in [-0.3, -0.25) is 9.69 Å². The van der Waals surface area contributed by atoms with Gasteiger partial charge in [0.15, 0.2) is 0 Å². The molecule has 0 radical (unpaired) electrons. The highest BCUT2D eigenvalue weighted by atomic mass is 16.5. The van der Waals surface area contributed by atoms with Crippen LogP contribution in [0.2, 0.25) is 0 Å². The van der Waals surface area contributed by atoms with Crippen LogP contribution in [0.5, 0.6) is 5.75 Å². The van der Waals surface area contributed by atoms with Gasteiger partial charge in [0.05, 0.1) is 12.7 Å². The van der Waals surface area contributed by atoms with Gasteiger partial charge >= 0.3 is 0 Å². The summed E-state index contributed by atoms with van der Waals surface area (Å²) in [7, 11) is 1.63. The standard InChI is InChI=1S/C24H30N2O4/c1-3-24(29,19-7-10-21-17(16-19)4-11-22(27)25-21)26-14-12-23(28,13-15-26)18-5-8-20(30-2)9-6-18/h5-10,16,28-29H,3-4,11-15H2,1-2H3,(H,25,27)/t24-/m0/s1. The Kier molecular flexibility index (Phi) is 5.57. The van der Waals surface area contributed by atoms with Gasteiger partial charge in [-0.05, 0) is 66.6 Å². The number of nitrogens with zero attached hydrogens (tertiary/aromatic N) is 1. The van der Waals surface area contributed by atoms with Gasteiger partial charge in [-0.15, -0.1) is 0 Å². The highest BCUT2D eigenvalue weighted by Crippen LogP contribution is 2.40. The first-order chi connectivity index (χ1) is 14.4. The summed E-state index contributed by atoms with van der Waals surface area (Å²) in [4.78, 5) is 13.7. The molecular formula is C24H30N2O4. The lowest BCUT2D eigenvalue weighted by Crippen LogP contribution is -2.52. The first-order valence-corrected chi connectivity index (χ1v) is 10.7. The van der Waals surface area contributed by atoms with E-state index in [-0.39, 0.29) is 5.91 Å². The van der Waals surface area contributed by atoms with Gasteiger partial charge in [-0.25, -0.2) is 0 Å². The van der Waals surface area contributed by atoms with Crippen LogP contribution < -0.4 is 10.1 Å². The molecule has 1 amide bonds. The number of hydrogen-bond acceptors (Lipinski definition) is 5. The van der Waals surface area contributed by atoms with Crippen molar-refractivity contribution in [2.75, 3.05) is 25.5 Å². The Labute approximate surface area is 177 Å². The topological polar surface area (TPSA) is 82.0 Å². The molecule has 30 heavy (non-hydrogen) atoms. The molecule has 6 heteroatoms. The number of amides is 1. The molecule has 0 bridgehead atoms. The number of anilines is 1. The average molecular weight is 411 g/mol. The van der Waals surface area contributed by atoms with Gasteiger partial charge in [-0.1, -0.05) is 25.1 Å². The van der Waals surface area contributed by atoms with Crippen LogP contribution in [-0.2, 0) is 22.5 Å². The van der Waals surface area contributed by atoms with Crippen molar-refractivity contribution in [3.63, 3.8) is 0 Å². The summed E-state index contributed by atoms with van der Waals surface area (Å²) in [6, 6.07) is 13.4. The van der Waals surface area contributed by atoms with Crippen LogP contribution >= 0.6 is 0 Å². The van der Waals surface area contributed by atoms with E-state index in [1.807, 2.05) is 49.4 Å². The van der Waals surface area contributed by atoms with Gasteiger partial charge in [0, 0.05) is 25.2 Å². The molecule has 160 valence electrons. The molecule has 1 saturated heterocycles. The van der Waals surface area contributed by atoms with Crippen molar-refractivity contribution >= 4 is 11.6 Å². The van der Waals surface area contributed by atoms with Crippen LogP contribution in [0.3, 0.4) is 0 Å². The summed E-state index contributed by atoms with van der Waals surface area (Å²) < 4.78 is 5.21. The number of rotatable bonds is 5. The van der Waals surface area contributed by atoms with Crippen molar-refractivity contribution in [2.45, 2.75) is 50.4 Å². The summed E-state index contributed by atoms with van der Waals surface area (Å²) in [6.07, 6.45) is 2.79. The monoisotopic (exact) mass is 410 g/mol. The van der Waals surface area contributed by atoms with Crippen molar-refractivity contribution in [1.29, 1.82) is 0 Å². The van der Waals surface area contributed by atoms with E-state index >= 15 is 0 Å². The van der Waals surface area contributed by atoms with Crippen LogP contribution in [0, 0.1) is 0 Å². The molecule has 0 aliphatic carbocycles. The minimum atomic E-state index is -1.10. The molecule has 0 saturated carbocycles. The maximum Gasteiger partial charge on any atom is 0.224 e. The number of ether oxygens (including phenoxy) is 1. The maximum atomic E-state index is 11.6. The molecule has 4 rings (SSSR count). The van der Waals surface area contributed by atoms with E-state index in [0.717, 1.165) is 28.1 Å². The fourth-order valence-corrected chi connectivity index (χ4v) is 4.68. The summed E-state index contributed by atoms with van der Waals surface area (Å²) in [5.74, 6) is 0.804. The minimum absolute atomic E-state index is 0.0369. The quantitative estimate of drug-likeness (QED) is 0.706. The zero-order valence-corrected chi connectivity index (χ0v) is 17.6. The Morgan fingerprint density at radius 2 is 1.83 bits per heavy atom. The summed E-state index contributed by atoms with van der Waals surface area (Å²) in [5, 5.41) is 25.7. The summed E-state index contributed by atoms with van der Waals surface area (Å²) in [6.45, 7) is 3.15. The number of methoxy groups -OCH3 is 1. The van der Waals surface area contributed by atoms with Gasteiger partial charge < -0.3 is 20.3 Å². The van der Waals surface area contributed by atoms with Gasteiger partial charge in [0.2, 0.25) is 5.91 Å². The van der Waals surface area contributed by atoms with E-state index in [1.165, 1.54) is 0 Å². The molecule has 1 fully saturated rings. The number of likely N-dealkylation sites (tertiary alicyclic amines) is 1. The van der Waals surface area contributed by atoms with E-state index in [9.17, 15) is 15.0 Å². The highest BCUT2D eigenvalue weighted by molar-refractivity contribution is 5.93. The number of benzene rings is 2. The largest absolute Gasteiger partial charge is 0.497 e. The third-order valence-electron chi connectivity index (χ3n) is 6.70. The molecule has 0 aromatic heterocycles. The molecule has 1 atom stereocenters. The summed E-state index contributed by atoms with van der Waals surface area (Å²) in [5.41, 5.74) is 1.61. The van der Waals surface area contributed by atoms with Crippen LogP contribution in [0.1, 0.15) is 49.3 Å². The molecule has 2 aliphatic heterocycles. The van der Waals surface area contributed by atoms with Crippen LogP contribution in [0.15, 0.2) is 42.5 Å². The second kappa shape index (κ2) is 8.02. The molecule has 2 aliphatic rings. The fraction of sp³-hybridized carbons (Fsp3) is 0.458. The Bertz CT molecular complexity index is 919. The lowest BCUT2D eigenvalue weighted by Gasteiger charge is -2.46. The normalized spacial score (nSPS) is 20.7. The Morgan fingerprint density at radius 3 is 2.47 bits per heavy atom. The number of nitrogens with one attached hydrogen (secondary N) is 1. The molecule has 2 heterocycles. The molecule has 2 aromatic carbocycles. The molecule has 0 unspecified atom stereocenters. The van der Waals surface area contributed by atoms with Crippen molar-refractivity contribution in [2.24, 2.45) is 0 Å². The van der Waals surface area contributed by atoms with E-state index in [1.54, 1.807) is 7.11 Å². The van der Waals surface area contributed by atoms with E-state index in [4.69, 9.17) is 4.74 Å². The molecule has 3 N–H and O–H groups in total. The molecule has 0 spiro atoms. The van der Waals surface area contributed by atoms with Crippen LogP contribution in [0.4, 0.5) is 5.69 Å². The zero-order valence-electron chi connectivity index (χ0n) is 17.6. The van der Waals surface area contributed by atoms with Gasteiger partial charge in [0.25, 0.3) is 0 Å². The minimum Gasteiger partial charge on any atom is -0.497 e. The van der Waals surface area contributed by atoms with Crippen molar-refractivity contribution in [3.8, 4) is 5.75 Å². The van der Waals surface area contributed by atoms with Crippen molar-refractivity contribution in [3.05, 3.63) is 59.2 Å². The van der Waals surface area contributed by atoms with E-state index in [2.05, 4.69) is 10.2 Å². The molecular weight excluding hydrogens is 380 g/mol. The van der Waals surface area contributed by atoms with Gasteiger partial charge in [0.1, 0.15) is 11.5 Å². The first-order valence-electron chi connectivity index (χ1n) is 10.7. The van der Waals surface area contributed by atoms with Crippen molar-refractivity contribution in [1.82, 2.24) is 4.90 Å². The lowest BCUT2D eigenvalue weighted by molar-refractivity contribution is -0.153. The second-order valence-electron chi connectivity index (χ2n) is 8.34. The Morgan fingerprint density at radius 1 is 1.13 bits per heavy atom. The van der Waals surface area contributed by atoms with E-state index < -0.39 is 11.3 Å². The Balaban J connectivity index is 1.52.